The zero-order valence-corrected chi connectivity index (χ0v) is 13.5. The van der Waals surface area contributed by atoms with Crippen molar-refractivity contribution in [1.29, 1.82) is 0 Å². The lowest BCUT2D eigenvalue weighted by molar-refractivity contribution is -0.134. The van der Waals surface area contributed by atoms with Crippen molar-refractivity contribution >= 4 is 28.8 Å². The molecule has 0 bridgehead atoms. The van der Waals surface area contributed by atoms with Gasteiger partial charge in [-0.05, 0) is 29.1 Å². The molecule has 1 aromatic carbocycles. The van der Waals surface area contributed by atoms with E-state index >= 15 is 0 Å². The van der Waals surface area contributed by atoms with Gasteiger partial charge in [0.05, 0.1) is 12.6 Å². The number of hydrogen-bond donors (Lipinski definition) is 2. The van der Waals surface area contributed by atoms with Crippen LogP contribution in [0.3, 0.4) is 0 Å². The van der Waals surface area contributed by atoms with E-state index in [9.17, 15) is 4.79 Å². The van der Waals surface area contributed by atoms with E-state index in [-0.39, 0.29) is 11.9 Å². The molecule has 1 aromatic heterocycles. The van der Waals surface area contributed by atoms with E-state index in [1.165, 1.54) is 0 Å². The number of benzene rings is 1. The average molecular weight is 337 g/mol. The zero-order valence-electron chi connectivity index (χ0n) is 11.9. The molecule has 6 heteroatoms. The van der Waals surface area contributed by atoms with E-state index in [4.69, 9.17) is 16.3 Å². The van der Waals surface area contributed by atoms with Crippen LogP contribution in [0.5, 0.6) is 0 Å². The predicted octanol–water partition coefficient (Wildman–Crippen LogP) is 2.60. The van der Waals surface area contributed by atoms with Gasteiger partial charge in [0.2, 0.25) is 0 Å². The molecule has 116 valence electrons. The monoisotopic (exact) mass is 336 g/mol. The van der Waals surface area contributed by atoms with Gasteiger partial charge in [0.25, 0.3) is 5.91 Å². The van der Waals surface area contributed by atoms with E-state index in [2.05, 4.69) is 10.6 Å². The maximum atomic E-state index is 12.4. The Morgan fingerprint density at radius 2 is 2.18 bits per heavy atom. The summed E-state index contributed by atoms with van der Waals surface area (Å²) >= 11 is 7.57. The summed E-state index contributed by atoms with van der Waals surface area (Å²) in [6.07, 6.45) is -0.441. The molecule has 1 fully saturated rings. The molecule has 1 aliphatic heterocycles. The van der Waals surface area contributed by atoms with Crippen molar-refractivity contribution in [2.75, 3.05) is 19.7 Å². The van der Waals surface area contributed by atoms with Crippen LogP contribution in [0.25, 0.3) is 0 Å². The Kier molecular flexibility index (Phi) is 5.10. The van der Waals surface area contributed by atoms with Gasteiger partial charge < -0.3 is 15.4 Å². The van der Waals surface area contributed by atoms with Gasteiger partial charge in [-0.2, -0.15) is 0 Å². The van der Waals surface area contributed by atoms with Crippen LogP contribution < -0.4 is 10.6 Å². The zero-order chi connectivity index (χ0) is 15.4. The van der Waals surface area contributed by atoms with Gasteiger partial charge in [0, 0.05) is 23.0 Å². The first-order valence-corrected chi connectivity index (χ1v) is 8.41. The van der Waals surface area contributed by atoms with Crippen molar-refractivity contribution in [1.82, 2.24) is 10.6 Å². The van der Waals surface area contributed by atoms with Crippen molar-refractivity contribution in [3.8, 4) is 0 Å². The van der Waals surface area contributed by atoms with E-state index in [1.54, 1.807) is 11.3 Å². The molecule has 0 saturated carbocycles. The standard InChI is InChI=1S/C16H17ClN2O2S/c17-12-5-3-11(4-6-12)15(14-2-1-9-22-14)19-16(20)13-10-18-7-8-21-13/h1-6,9,13,15,18H,7-8,10H2,(H,19,20). The van der Waals surface area contributed by atoms with Crippen LogP contribution in [0, 0.1) is 0 Å². The number of halogens is 1. The summed E-state index contributed by atoms with van der Waals surface area (Å²) in [5.41, 5.74) is 1.00. The van der Waals surface area contributed by atoms with Crippen molar-refractivity contribution in [2.24, 2.45) is 0 Å². The van der Waals surface area contributed by atoms with Gasteiger partial charge in [-0.3, -0.25) is 4.79 Å². The number of ether oxygens (including phenoxy) is 1. The summed E-state index contributed by atoms with van der Waals surface area (Å²) in [7, 11) is 0. The third-order valence-electron chi connectivity index (χ3n) is 3.54. The van der Waals surface area contributed by atoms with Crippen LogP contribution in [0.1, 0.15) is 16.5 Å². The highest BCUT2D eigenvalue weighted by molar-refractivity contribution is 7.10. The molecule has 1 aliphatic rings. The number of carbonyl (C=O) groups excluding carboxylic acids is 1. The van der Waals surface area contributed by atoms with Gasteiger partial charge in [-0.1, -0.05) is 29.8 Å². The molecule has 2 unspecified atom stereocenters. The smallest absolute Gasteiger partial charge is 0.251 e. The summed E-state index contributed by atoms with van der Waals surface area (Å²) in [5.74, 6) is -0.0967. The Hall–Kier alpha value is -1.40. The topological polar surface area (TPSA) is 50.4 Å². The minimum Gasteiger partial charge on any atom is -0.366 e. The van der Waals surface area contributed by atoms with Gasteiger partial charge in [-0.15, -0.1) is 11.3 Å². The number of thiophene rings is 1. The molecule has 22 heavy (non-hydrogen) atoms. The molecule has 3 rings (SSSR count). The van der Waals surface area contributed by atoms with Gasteiger partial charge in [-0.25, -0.2) is 0 Å². The van der Waals surface area contributed by atoms with Crippen molar-refractivity contribution in [3.63, 3.8) is 0 Å². The Balaban J connectivity index is 1.79. The quantitative estimate of drug-likeness (QED) is 0.902. The summed E-state index contributed by atoms with van der Waals surface area (Å²) < 4.78 is 5.52. The second kappa shape index (κ2) is 7.24. The second-order valence-corrected chi connectivity index (χ2v) is 6.49. The van der Waals surface area contributed by atoms with Gasteiger partial charge in [0.1, 0.15) is 6.10 Å². The van der Waals surface area contributed by atoms with Crippen molar-refractivity contribution in [2.45, 2.75) is 12.1 Å². The lowest BCUT2D eigenvalue weighted by Gasteiger charge is -2.25. The minimum atomic E-state index is -0.441. The Morgan fingerprint density at radius 1 is 1.36 bits per heavy atom. The van der Waals surface area contributed by atoms with Crippen LogP contribution in [0.15, 0.2) is 41.8 Å². The number of amides is 1. The lowest BCUT2D eigenvalue weighted by atomic mass is 10.0. The first-order chi connectivity index (χ1) is 10.7. The number of morpholine rings is 1. The molecule has 2 atom stereocenters. The number of nitrogens with one attached hydrogen (secondary N) is 2. The van der Waals surface area contributed by atoms with E-state index in [0.717, 1.165) is 17.0 Å². The molecule has 0 spiro atoms. The van der Waals surface area contributed by atoms with Crippen molar-refractivity contribution < 1.29 is 9.53 Å². The van der Waals surface area contributed by atoms with E-state index < -0.39 is 6.10 Å². The Labute approximate surface area is 138 Å². The molecule has 1 amide bonds. The molecule has 2 aromatic rings. The molecule has 1 saturated heterocycles. The Morgan fingerprint density at radius 3 is 2.82 bits per heavy atom. The molecule has 0 aliphatic carbocycles. The maximum Gasteiger partial charge on any atom is 0.251 e. The fourth-order valence-electron chi connectivity index (χ4n) is 2.40. The molecular weight excluding hydrogens is 320 g/mol. The maximum absolute atomic E-state index is 12.4. The minimum absolute atomic E-state index is 0.0967. The fourth-order valence-corrected chi connectivity index (χ4v) is 3.33. The van der Waals surface area contributed by atoms with Crippen LogP contribution in [0.4, 0.5) is 0 Å². The number of rotatable bonds is 4. The highest BCUT2D eigenvalue weighted by Gasteiger charge is 2.25. The molecule has 2 N–H and O–H groups in total. The largest absolute Gasteiger partial charge is 0.366 e. The molecule has 2 heterocycles. The lowest BCUT2D eigenvalue weighted by Crippen LogP contribution is -2.48. The number of carbonyl (C=O) groups is 1. The van der Waals surface area contributed by atoms with Crippen molar-refractivity contribution in [3.05, 3.63) is 57.2 Å². The fraction of sp³-hybridized carbons (Fsp3) is 0.312. The normalized spacial score (nSPS) is 19.6. The molecular formula is C16H17ClN2O2S. The SMILES string of the molecule is O=C(NC(c1ccc(Cl)cc1)c1cccs1)C1CNCCO1. The van der Waals surface area contributed by atoms with Crippen LogP contribution in [0.2, 0.25) is 5.02 Å². The summed E-state index contributed by atoms with van der Waals surface area (Å²) in [4.78, 5) is 13.5. The first kappa shape index (κ1) is 15.5. The second-order valence-electron chi connectivity index (χ2n) is 5.07. The number of hydrogen-bond acceptors (Lipinski definition) is 4. The highest BCUT2D eigenvalue weighted by atomic mass is 35.5. The van der Waals surface area contributed by atoms with E-state index in [1.807, 2.05) is 41.8 Å². The summed E-state index contributed by atoms with van der Waals surface area (Å²) in [5, 5.41) is 8.94. The third-order valence-corrected chi connectivity index (χ3v) is 4.73. The molecule has 0 radical (unpaired) electrons. The molecule has 4 nitrogen and oxygen atoms in total. The van der Waals surface area contributed by atoms with Gasteiger partial charge >= 0.3 is 0 Å². The summed E-state index contributed by atoms with van der Waals surface area (Å²) in [6, 6.07) is 11.4. The highest BCUT2D eigenvalue weighted by Crippen LogP contribution is 2.27. The van der Waals surface area contributed by atoms with Gasteiger partial charge in [0.15, 0.2) is 0 Å². The predicted molar refractivity (Wildman–Crippen MR) is 88.4 cm³/mol. The average Bonchev–Trinajstić information content (AvgIpc) is 3.08. The summed E-state index contributed by atoms with van der Waals surface area (Å²) in [6.45, 7) is 1.89. The van der Waals surface area contributed by atoms with Crippen LogP contribution in [-0.2, 0) is 9.53 Å². The van der Waals surface area contributed by atoms with E-state index in [0.29, 0.717) is 18.2 Å². The third kappa shape index (κ3) is 3.67. The first-order valence-electron chi connectivity index (χ1n) is 7.15. The Bertz CT molecular complexity index is 610. The van der Waals surface area contributed by atoms with Crippen LogP contribution >= 0.6 is 22.9 Å². The van der Waals surface area contributed by atoms with Crippen LogP contribution in [-0.4, -0.2) is 31.7 Å².